The van der Waals surface area contributed by atoms with Crippen molar-refractivity contribution in [2.75, 3.05) is 46.9 Å². The Hall–Kier alpha value is -4.43. The number of nitrogens with zero attached hydrogens (tertiary/aromatic N) is 2. The lowest BCUT2D eigenvalue weighted by Gasteiger charge is -2.22. The number of unbranched alkanes of at least 4 members (excludes halogenated alkanes) is 2. The molecular formula is C37H45N3O5. The number of benzene rings is 3. The predicted molar refractivity (Wildman–Crippen MR) is 178 cm³/mol. The SMILES string of the molecule is COC(=O)CCCCCN(Cc1cccc(-c2cccc(C(=O)NCCN3CCCC3)c2)c1)C(=O)C=Cc1ccc(OC)cc1. The number of carbonyl (C=O) groups excluding carboxylic acids is 3. The average molecular weight is 612 g/mol. The standard InChI is InChI=1S/C37H45N3O5/c1-44-34-18-15-29(16-19-34)17-20-35(41)40(24-5-3-4-14-36(42)45-2)28-30-10-8-11-31(26-30)32-12-9-13-33(27-32)37(43)38-21-25-39-22-6-7-23-39/h8-13,15-20,26-27H,3-7,14,21-25,28H2,1-2H3,(H,38,43). The third-order valence-electron chi connectivity index (χ3n) is 8.05. The van der Waals surface area contributed by atoms with E-state index in [1.165, 1.54) is 20.0 Å². The molecule has 1 heterocycles. The Labute approximate surface area is 267 Å². The topological polar surface area (TPSA) is 88.2 Å². The number of methoxy groups -OCH3 is 2. The van der Waals surface area contributed by atoms with Gasteiger partial charge in [-0.1, -0.05) is 48.9 Å². The normalized spacial score (nSPS) is 13.1. The van der Waals surface area contributed by atoms with Crippen LogP contribution in [0.15, 0.2) is 78.9 Å². The first-order valence-electron chi connectivity index (χ1n) is 15.8. The first kappa shape index (κ1) is 33.5. The monoisotopic (exact) mass is 611 g/mol. The van der Waals surface area contributed by atoms with E-state index in [1.54, 1.807) is 13.2 Å². The number of carbonyl (C=O) groups is 3. The number of hydrogen-bond donors (Lipinski definition) is 1. The number of rotatable bonds is 16. The minimum absolute atomic E-state index is 0.0696. The molecule has 1 aliphatic heterocycles. The summed E-state index contributed by atoms with van der Waals surface area (Å²) >= 11 is 0. The molecule has 3 aromatic rings. The van der Waals surface area contributed by atoms with E-state index in [4.69, 9.17) is 9.47 Å². The molecule has 238 valence electrons. The van der Waals surface area contributed by atoms with E-state index in [9.17, 15) is 14.4 Å². The van der Waals surface area contributed by atoms with Crippen LogP contribution in [0.1, 0.15) is 60.0 Å². The van der Waals surface area contributed by atoms with Gasteiger partial charge in [-0.3, -0.25) is 14.4 Å². The van der Waals surface area contributed by atoms with Crippen LogP contribution in [0.4, 0.5) is 0 Å². The fraction of sp³-hybridized carbons (Fsp3) is 0.378. The molecule has 1 aliphatic rings. The Morgan fingerprint density at radius 3 is 2.36 bits per heavy atom. The van der Waals surface area contributed by atoms with Gasteiger partial charge in [-0.25, -0.2) is 0 Å². The number of amides is 2. The largest absolute Gasteiger partial charge is 0.497 e. The van der Waals surface area contributed by atoms with Crippen molar-refractivity contribution >= 4 is 23.9 Å². The van der Waals surface area contributed by atoms with Gasteiger partial charge < -0.3 is 24.6 Å². The number of nitrogens with one attached hydrogen (secondary N) is 1. The number of ether oxygens (including phenoxy) is 2. The highest BCUT2D eigenvalue weighted by Crippen LogP contribution is 2.23. The average Bonchev–Trinajstić information content (AvgIpc) is 3.60. The molecule has 8 nitrogen and oxygen atoms in total. The van der Waals surface area contributed by atoms with Crippen LogP contribution in [-0.4, -0.2) is 74.5 Å². The first-order chi connectivity index (χ1) is 21.9. The van der Waals surface area contributed by atoms with Gasteiger partial charge in [-0.05, 0) is 97.4 Å². The molecule has 3 aromatic carbocycles. The second-order valence-electron chi connectivity index (χ2n) is 11.3. The van der Waals surface area contributed by atoms with Gasteiger partial charge in [-0.2, -0.15) is 0 Å². The summed E-state index contributed by atoms with van der Waals surface area (Å²) in [7, 11) is 3.02. The Kier molecular flexibility index (Phi) is 13.2. The van der Waals surface area contributed by atoms with Crippen LogP contribution in [-0.2, 0) is 20.9 Å². The van der Waals surface area contributed by atoms with Gasteiger partial charge in [0, 0.05) is 44.2 Å². The molecule has 0 unspecified atom stereocenters. The number of esters is 1. The summed E-state index contributed by atoms with van der Waals surface area (Å²) in [6.45, 7) is 4.73. The van der Waals surface area contributed by atoms with Crippen LogP contribution in [0, 0.1) is 0 Å². The molecule has 8 heteroatoms. The number of hydrogen-bond acceptors (Lipinski definition) is 6. The maximum atomic E-state index is 13.4. The molecule has 0 aromatic heterocycles. The Bertz CT molecular complexity index is 1430. The fourth-order valence-electron chi connectivity index (χ4n) is 5.45. The lowest BCUT2D eigenvalue weighted by molar-refractivity contribution is -0.140. The lowest BCUT2D eigenvalue weighted by Crippen LogP contribution is -2.33. The fourth-order valence-corrected chi connectivity index (χ4v) is 5.45. The third kappa shape index (κ3) is 10.9. The third-order valence-corrected chi connectivity index (χ3v) is 8.05. The van der Waals surface area contributed by atoms with Crippen LogP contribution in [0.25, 0.3) is 17.2 Å². The molecule has 0 bridgehead atoms. The van der Waals surface area contributed by atoms with Gasteiger partial charge in [0.15, 0.2) is 0 Å². The molecule has 0 spiro atoms. The summed E-state index contributed by atoms with van der Waals surface area (Å²) in [6.07, 6.45) is 8.56. The maximum Gasteiger partial charge on any atom is 0.305 e. The van der Waals surface area contributed by atoms with Crippen molar-refractivity contribution in [3.63, 3.8) is 0 Å². The highest BCUT2D eigenvalue weighted by Gasteiger charge is 2.14. The van der Waals surface area contributed by atoms with Gasteiger partial charge in [0.1, 0.15) is 5.75 Å². The second-order valence-corrected chi connectivity index (χ2v) is 11.3. The zero-order chi connectivity index (χ0) is 31.9. The van der Waals surface area contributed by atoms with Crippen molar-refractivity contribution in [1.82, 2.24) is 15.1 Å². The van der Waals surface area contributed by atoms with Crippen LogP contribution < -0.4 is 10.1 Å². The van der Waals surface area contributed by atoms with Crippen LogP contribution >= 0.6 is 0 Å². The van der Waals surface area contributed by atoms with E-state index in [0.29, 0.717) is 38.0 Å². The van der Waals surface area contributed by atoms with Crippen molar-refractivity contribution in [3.05, 3.63) is 95.6 Å². The summed E-state index contributed by atoms with van der Waals surface area (Å²) in [5.41, 5.74) is 4.47. The van der Waals surface area contributed by atoms with E-state index in [1.807, 2.05) is 77.7 Å². The van der Waals surface area contributed by atoms with Gasteiger partial charge in [0.25, 0.3) is 5.91 Å². The van der Waals surface area contributed by atoms with Gasteiger partial charge in [0.05, 0.1) is 14.2 Å². The van der Waals surface area contributed by atoms with Crippen LogP contribution in [0.5, 0.6) is 5.75 Å². The summed E-state index contributed by atoms with van der Waals surface area (Å²) < 4.78 is 9.97. The smallest absolute Gasteiger partial charge is 0.305 e. The van der Waals surface area contributed by atoms with E-state index >= 15 is 0 Å². The highest BCUT2D eigenvalue weighted by atomic mass is 16.5. The molecule has 4 rings (SSSR count). The first-order valence-corrected chi connectivity index (χ1v) is 15.8. The van der Waals surface area contributed by atoms with E-state index in [-0.39, 0.29) is 17.8 Å². The van der Waals surface area contributed by atoms with E-state index < -0.39 is 0 Å². The molecular weight excluding hydrogens is 566 g/mol. The Morgan fingerprint density at radius 1 is 0.889 bits per heavy atom. The van der Waals surface area contributed by atoms with Crippen LogP contribution in [0.2, 0.25) is 0 Å². The summed E-state index contributed by atoms with van der Waals surface area (Å²) in [5, 5.41) is 3.06. The van der Waals surface area contributed by atoms with E-state index in [2.05, 4.69) is 16.3 Å². The molecule has 45 heavy (non-hydrogen) atoms. The Morgan fingerprint density at radius 2 is 1.62 bits per heavy atom. The molecule has 1 N–H and O–H groups in total. The zero-order valence-corrected chi connectivity index (χ0v) is 26.5. The molecule has 1 saturated heterocycles. The summed E-state index contributed by atoms with van der Waals surface area (Å²) in [4.78, 5) is 42.0. The molecule has 0 aliphatic carbocycles. The van der Waals surface area contributed by atoms with Crippen molar-refractivity contribution in [1.29, 1.82) is 0 Å². The zero-order valence-electron chi connectivity index (χ0n) is 26.5. The summed E-state index contributed by atoms with van der Waals surface area (Å²) in [5.74, 6) is 0.387. The second kappa shape index (κ2) is 17.8. The van der Waals surface area contributed by atoms with Gasteiger partial charge in [-0.15, -0.1) is 0 Å². The maximum absolute atomic E-state index is 13.4. The summed E-state index contributed by atoms with van der Waals surface area (Å²) in [6, 6.07) is 23.3. The molecule has 0 atom stereocenters. The molecule has 2 amide bonds. The van der Waals surface area contributed by atoms with Crippen molar-refractivity contribution in [3.8, 4) is 16.9 Å². The van der Waals surface area contributed by atoms with Crippen molar-refractivity contribution in [2.24, 2.45) is 0 Å². The molecule has 0 radical (unpaired) electrons. The minimum Gasteiger partial charge on any atom is -0.497 e. The molecule has 1 fully saturated rings. The highest BCUT2D eigenvalue weighted by molar-refractivity contribution is 5.95. The van der Waals surface area contributed by atoms with Crippen LogP contribution in [0.3, 0.4) is 0 Å². The van der Waals surface area contributed by atoms with Gasteiger partial charge >= 0.3 is 5.97 Å². The van der Waals surface area contributed by atoms with Gasteiger partial charge in [0.2, 0.25) is 5.91 Å². The number of likely N-dealkylation sites (tertiary alicyclic amines) is 1. The van der Waals surface area contributed by atoms with E-state index in [0.717, 1.165) is 60.5 Å². The predicted octanol–water partition coefficient (Wildman–Crippen LogP) is 5.96. The molecule has 0 saturated carbocycles. The Balaban J connectivity index is 1.42. The van der Waals surface area contributed by atoms with Crippen molar-refractivity contribution in [2.45, 2.75) is 45.1 Å². The quantitative estimate of drug-likeness (QED) is 0.122. The lowest BCUT2D eigenvalue weighted by atomic mass is 10.0. The minimum atomic E-state index is -0.217. The van der Waals surface area contributed by atoms with Crippen molar-refractivity contribution < 1.29 is 23.9 Å².